The Labute approximate surface area is 164 Å². The Hall–Kier alpha value is -3.17. The summed E-state index contributed by atoms with van der Waals surface area (Å²) in [5.41, 5.74) is 0.855. The molecular formula is C18H17ClN6O3. The molecular weight excluding hydrogens is 384 g/mol. The van der Waals surface area contributed by atoms with Gasteiger partial charge in [-0.1, -0.05) is 11.6 Å². The van der Waals surface area contributed by atoms with Crippen LogP contribution in [0.4, 0.5) is 4.79 Å². The summed E-state index contributed by atoms with van der Waals surface area (Å²) in [6.45, 7) is 3.13. The number of nitrogens with zero attached hydrogens (tertiary/aromatic N) is 4. The van der Waals surface area contributed by atoms with Crippen molar-refractivity contribution >= 4 is 39.8 Å². The number of aromatic nitrogens is 5. The number of carbonyl (C=O) groups is 1. The molecule has 144 valence electrons. The molecule has 3 N–H and O–H groups in total. The molecule has 0 radical (unpaired) electrons. The Morgan fingerprint density at radius 3 is 3.00 bits per heavy atom. The highest BCUT2D eigenvalue weighted by atomic mass is 35.5. The third-order valence-electron chi connectivity index (χ3n) is 4.12. The van der Waals surface area contributed by atoms with E-state index in [1.165, 1.54) is 6.20 Å². The topological polar surface area (TPSA) is 118 Å². The van der Waals surface area contributed by atoms with E-state index in [1.807, 2.05) is 12.1 Å². The molecule has 0 atom stereocenters. The summed E-state index contributed by atoms with van der Waals surface area (Å²) < 4.78 is 6.97. The molecule has 0 saturated carbocycles. The molecule has 0 aliphatic rings. The molecule has 10 heteroatoms. The maximum atomic E-state index is 12.1. The van der Waals surface area contributed by atoms with E-state index in [1.54, 1.807) is 37.0 Å². The Bertz CT molecular complexity index is 1180. The molecule has 4 aromatic rings. The molecule has 0 unspecified atom stereocenters. The van der Waals surface area contributed by atoms with Gasteiger partial charge in [-0.15, -0.1) is 0 Å². The standard InChI is InChI=1S/C18H17ClN6O3/c1-18(2,9-26)24-17(27)28-13-7-20-16-15(13)23-14(8-21-16)25-12-4-3-11(19)5-10(12)6-22-25/h3-8,26H,9H2,1-2H3,(H,20,21)(H,24,27). The Morgan fingerprint density at radius 2 is 2.21 bits per heavy atom. The normalized spacial score (nSPS) is 11.9. The van der Waals surface area contributed by atoms with Gasteiger partial charge in [0.1, 0.15) is 0 Å². The number of aromatic amines is 1. The zero-order valence-electron chi connectivity index (χ0n) is 15.1. The minimum absolute atomic E-state index is 0.218. The third-order valence-corrected chi connectivity index (χ3v) is 4.35. The Kier molecular flexibility index (Phi) is 4.40. The van der Waals surface area contributed by atoms with E-state index in [-0.39, 0.29) is 12.4 Å². The van der Waals surface area contributed by atoms with Gasteiger partial charge in [-0.2, -0.15) is 5.10 Å². The number of rotatable bonds is 4. The van der Waals surface area contributed by atoms with Crippen molar-refractivity contribution in [1.29, 1.82) is 0 Å². The van der Waals surface area contributed by atoms with Gasteiger partial charge >= 0.3 is 6.09 Å². The first kappa shape index (κ1) is 18.2. The first-order valence-corrected chi connectivity index (χ1v) is 8.83. The summed E-state index contributed by atoms with van der Waals surface area (Å²) in [6.07, 6.45) is 4.05. The lowest BCUT2D eigenvalue weighted by atomic mass is 10.1. The second-order valence-corrected chi connectivity index (χ2v) is 7.33. The van der Waals surface area contributed by atoms with Crippen molar-refractivity contribution in [1.82, 2.24) is 30.0 Å². The number of ether oxygens (including phenoxy) is 1. The summed E-state index contributed by atoms with van der Waals surface area (Å²) in [4.78, 5) is 23.9. The number of aliphatic hydroxyl groups is 1. The summed E-state index contributed by atoms with van der Waals surface area (Å²) >= 11 is 6.02. The van der Waals surface area contributed by atoms with Crippen molar-refractivity contribution in [2.45, 2.75) is 19.4 Å². The van der Waals surface area contributed by atoms with Crippen molar-refractivity contribution in [2.75, 3.05) is 6.61 Å². The van der Waals surface area contributed by atoms with Gasteiger partial charge in [-0.25, -0.2) is 19.4 Å². The first-order valence-electron chi connectivity index (χ1n) is 8.45. The second-order valence-electron chi connectivity index (χ2n) is 6.89. The molecule has 3 aromatic heterocycles. The number of hydrogen-bond donors (Lipinski definition) is 3. The van der Waals surface area contributed by atoms with Crippen LogP contribution in [-0.2, 0) is 0 Å². The predicted molar refractivity (Wildman–Crippen MR) is 104 cm³/mol. The monoisotopic (exact) mass is 400 g/mol. The van der Waals surface area contributed by atoms with Crippen molar-refractivity contribution in [3.8, 4) is 11.6 Å². The predicted octanol–water partition coefficient (Wildman–Crippen LogP) is 2.81. The maximum Gasteiger partial charge on any atom is 0.413 e. The third kappa shape index (κ3) is 3.37. The van der Waals surface area contributed by atoms with E-state index in [4.69, 9.17) is 16.3 Å². The van der Waals surface area contributed by atoms with E-state index < -0.39 is 11.6 Å². The smallest absolute Gasteiger partial charge is 0.406 e. The van der Waals surface area contributed by atoms with Gasteiger partial charge in [-0.3, -0.25) is 0 Å². The number of benzene rings is 1. The van der Waals surface area contributed by atoms with Crippen LogP contribution in [0.15, 0.2) is 36.8 Å². The fourth-order valence-electron chi connectivity index (χ4n) is 2.67. The SMILES string of the molecule is CC(C)(CO)NC(=O)Oc1c[nH]c2ncc(-n3ncc4cc(Cl)ccc43)nc12. The van der Waals surface area contributed by atoms with Crippen LogP contribution in [0, 0.1) is 0 Å². The molecule has 1 amide bonds. The fourth-order valence-corrected chi connectivity index (χ4v) is 2.85. The summed E-state index contributed by atoms with van der Waals surface area (Å²) in [7, 11) is 0. The molecule has 9 nitrogen and oxygen atoms in total. The number of H-pyrrole nitrogens is 1. The Balaban J connectivity index is 1.69. The van der Waals surface area contributed by atoms with E-state index in [9.17, 15) is 9.90 Å². The molecule has 0 aliphatic heterocycles. The molecule has 0 spiro atoms. The van der Waals surface area contributed by atoms with Crippen LogP contribution in [-0.4, -0.2) is 48.1 Å². The molecule has 0 aliphatic carbocycles. The van der Waals surface area contributed by atoms with Crippen LogP contribution in [0.3, 0.4) is 0 Å². The highest BCUT2D eigenvalue weighted by Gasteiger charge is 2.22. The van der Waals surface area contributed by atoms with Crippen LogP contribution in [0.1, 0.15) is 13.8 Å². The number of nitrogens with one attached hydrogen (secondary N) is 2. The second kappa shape index (κ2) is 6.77. The van der Waals surface area contributed by atoms with Crippen LogP contribution in [0.2, 0.25) is 5.02 Å². The molecule has 3 heterocycles. The lowest BCUT2D eigenvalue weighted by Crippen LogP contribution is -2.47. The quantitative estimate of drug-likeness (QED) is 0.484. The van der Waals surface area contributed by atoms with E-state index in [2.05, 4.69) is 25.4 Å². The first-order chi connectivity index (χ1) is 13.4. The van der Waals surface area contributed by atoms with Crippen LogP contribution < -0.4 is 10.1 Å². The van der Waals surface area contributed by atoms with Crippen LogP contribution >= 0.6 is 11.6 Å². The number of fused-ring (bicyclic) bond motifs is 2. The van der Waals surface area contributed by atoms with Crippen LogP contribution in [0.25, 0.3) is 27.9 Å². The summed E-state index contributed by atoms with van der Waals surface area (Å²) in [6, 6.07) is 5.42. The average Bonchev–Trinajstić information content (AvgIpc) is 3.24. The summed E-state index contributed by atoms with van der Waals surface area (Å²) in [5, 5.41) is 17.7. The number of aliphatic hydroxyl groups excluding tert-OH is 1. The molecule has 4 rings (SSSR count). The zero-order chi connectivity index (χ0) is 19.9. The van der Waals surface area contributed by atoms with Gasteiger partial charge in [-0.05, 0) is 32.0 Å². The van der Waals surface area contributed by atoms with Gasteiger partial charge in [0.15, 0.2) is 22.7 Å². The van der Waals surface area contributed by atoms with Crippen molar-refractivity contribution in [3.63, 3.8) is 0 Å². The maximum absolute atomic E-state index is 12.1. The van der Waals surface area contributed by atoms with Crippen molar-refractivity contribution < 1.29 is 14.6 Å². The van der Waals surface area contributed by atoms with Crippen molar-refractivity contribution in [3.05, 3.63) is 41.8 Å². The fraction of sp³-hybridized carbons (Fsp3) is 0.222. The minimum atomic E-state index is -0.810. The largest absolute Gasteiger partial charge is 0.413 e. The minimum Gasteiger partial charge on any atom is -0.406 e. The van der Waals surface area contributed by atoms with Crippen LogP contribution in [0.5, 0.6) is 5.75 Å². The Morgan fingerprint density at radius 1 is 1.39 bits per heavy atom. The molecule has 0 bridgehead atoms. The average molecular weight is 401 g/mol. The molecule has 0 saturated heterocycles. The van der Waals surface area contributed by atoms with E-state index >= 15 is 0 Å². The van der Waals surface area contributed by atoms with Gasteiger partial charge in [0.2, 0.25) is 0 Å². The lowest BCUT2D eigenvalue weighted by molar-refractivity contribution is 0.159. The number of amides is 1. The molecule has 1 aromatic carbocycles. The lowest BCUT2D eigenvalue weighted by Gasteiger charge is -2.22. The number of halogens is 1. The van der Waals surface area contributed by atoms with Gasteiger partial charge in [0.05, 0.1) is 30.1 Å². The highest BCUT2D eigenvalue weighted by molar-refractivity contribution is 6.31. The molecule has 0 fully saturated rings. The number of carbonyl (C=O) groups excluding carboxylic acids is 1. The zero-order valence-corrected chi connectivity index (χ0v) is 15.9. The molecule has 28 heavy (non-hydrogen) atoms. The van der Waals surface area contributed by atoms with E-state index in [0.717, 1.165) is 10.9 Å². The van der Waals surface area contributed by atoms with Gasteiger partial charge in [0, 0.05) is 16.6 Å². The van der Waals surface area contributed by atoms with Gasteiger partial charge in [0.25, 0.3) is 0 Å². The highest BCUT2D eigenvalue weighted by Crippen LogP contribution is 2.25. The number of hydrogen-bond acceptors (Lipinski definition) is 6. The van der Waals surface area contributed by atoms with E-state index in [0.29, 0.717) is 22.0 Å². The van der Waals surface area contributed by atoms with Crippen molar-refractivity contribution in [2.24, 2.45) is 0 Å². The van der Waals surface area contributed by atoms with Gasteiger partial charge < -0.3 is 20.1 Å². The summed E-state index contributed by atoms with van der Waals surface area (Å²) in [5.74, 6) is 0.681.